The van der Waals surface area contributed by atoms with Gasteiger partial charge in [0.15, 0.2) is 0 Å². The predicted molar refractivity (Wildman–Crippen MR) is 108 cm³/mol. The quantitative estimate of drug-likeness (QED) is 0.625. The molecule has 1 aromatic rings. The van der Waals surface area contributed by atoms with Crippen molar-refractivity contribution in [1.29, 1.82) is 0 Å². The number of aryl methyl sites for hydroxylation is 1. The number of carbonyl (C=O) groups is 2. The van der Waals surface area contributed by atoms with Crippen LogP contribution in [0, 0.1) is 6.92 Å². The van der Waals surface area contributed by atoms with Gasteiger partial charge in [-0.1, -0.05) is 12.1 Å². The minimum atomic E-state index is -5.76. The molecule has 1 unspecified atom stereocenters. The van der Waals surface area contributed by atoms with Crippen LogP contribution >= 0.6 is 0 Å². The summed E-state index contributed by atoms with van der Waals surface area (Å²) in [7, 11) is 0. The lowest BCUT2D eigenvalue weighted by Crippen LogP contribution is -2.52. The molecule has 0 spiro atoms. The largest absolute Gasteiger partial charge is 0.480 e. The molecule has 2 aliphatic rings. The Morgan fingerprint density at radius 2 is 1.68 bits per heavy atom. The van der Waals surface area contributed by atoms with E-state index in [1.165, 1.54) is 0 Å². The number of benzene rings is 1. The fourth-order valence-electron chi connectivity index (χ4n) is 4.22. The Hall–Kier alpha value is -2.70. The summed E-state index contributed by atoms with van der Waals surface area (Å²) in [6.07, 6.45) is -16.0. The molecular formula is C21H25F6N3O4. The van der Waals surface area contributed by atoms with Crippen LogP contribution in [0.25, 0.3) is 0 Å². The van der Waals surface area contributed by atoms with E-state index in [0.29, 0.717) is 19.5 Å². The molecule has 190 valence electrons. The molecule has 0 saturated carbocycles. The van der Waals surface area contributed by atoms with E-state index in [0.717, 1.165) is 28.1 Å². The zero-order valence-electron chi connectivity index (χ0n) is 18.3. The first kappa shape index (κ1) is 25.9. The van der Waals surface area contributed by atoms with Crippen molar-refractivity contribution in [3.63, 3.8) is 0 Å². The molecular weight excluding hydrogens is 472 g/mol. The normalized spacial score (nSPS) is 20.2. The maximum absolute atomic E-state index is 12.6. The number of amides is 1. The van der Waals surface area contributed by atoms with Gasteiger partial charge in [0, 0.05) is 45.0 Å². The lowest BCUT2D eigenvalue weighted by molar-refractivity contribution is -0.308. The van der Waals surface area contributed by atoms with Gasteiger partial charge in [0.25, 0.3) is 6.10 Å². The monoisotopic (exact) mass is 497 g/mol. The standard InChI is InChI=1S/C21H25F6N3O4/c1-13-4-5-14(11-16(13)30-6-2-3-15(30)17(31)32)12-28-7-9-29(10-8-28)19(33)34-18(20(22,23)24)21(25,26)27/h4-5,11,15,18H,2-3,6-10,12H2,1H3,(H,31,32). The highest BCUT2D eigenvalue weighted by Crippen LogP contribution is 2.36. The minimum absolute atomic E-state index is 0.0901. The predicted octanol–water partition coefficient (Wildman–Crippen LogP) is 3.80. The maximum atomic E-state index is 12.6. The molecule has 1 N–H and O–H groups in total. The van der Waals surface area contributed by atoms with Gasteiger partial charge >= 0.3 is 24.4 Å². The molecule has 0 radical (unpaired) electrons. The molecule has 2 aliphatic heterocycles. The molecule has 13 heteroatoms. The van der Waals surface area contributed by atoms with Crippen LogP contribution in [0.15, 0.2) is 18.2 Å². The van der Waals surface area contributed by atoms with Gasteiger partial charge in [0.05, 0.1) is 0 Å². The van der Waals surface area contributed by atoms with Crippen LogP contribution in [0.5, 0.6) is 0 Å². The second kappa shape index (κ2) is 9.88. The van der Waals surface area contributed by atoms with Crippen LogP contribution in [-0.2, 0) is 16.1 Å². The third kappa shape index (κ3) is 6.05. The van der Waals surface area contributed by atoms with Crippen LogP contribution in [0.2, 0.25) is 0 Å². The molecule has 3 rings (SSSR count). The molecule has 0 aromatic heterocycles. The maximum Gasteiger partial charge on any atom is 0.434 e. The van der Waals surface area contributed by atoms with E-state index >= 15 is 0 Å². The summed E-state index contributed by atoms with van der Waals surface area (Å²) >= 11 is 0. The van der Waals surface area contributed by atoms with E-state index in [1.54, 1.807) is 0 Å². The smallest absolute Gasteiger partial charge is 0.434 e. The van der Waals surface area contributed by atoms with Crippen LogP contribution in [0.4, 0.5) is 36.8 Å². The molecule has 0 bridgehead atoms. The Bertz CT molecular complexity index is 885. The van der Waals surface area contributed by atoms with E-state index in [1.807, 2.05) is 34.9 Å². The van der Waals surface area contributed by atoms with Crippen LogP contribution in [0.3, 0.4) is 0 Å². The number of nitrogens with zero attached hydrogens (tertiary/aromatic N) is 3. The summed E-state index contributed by atoms with van der Waals surface area (Å²) < 4.78 is 79.5. The number of ether oxygens (including phenoxy) is 1. The number of carboxylic acid groups (broad SMARTS) is 1. The van der Waals surface area contributed by atoms with Gasteiger partial charge in [-0.2, -0.15) is 26.3 Å². The van der Waals surface area contributed by atoms with E-state index in [2.05, 4.69) is 4.74 Å². The summed E-state index contributed by atoms with van der Waals surface area (Å²) in [5, 5.41) is 9.46. The number of aliphatic carboxylic acids is 1. The SMILES string of the molecule is Cc1ccc(CN2CCN(C(=O)OC(C(F)(F)F)C(F)(F)F)CC2)cc1N1CCCC1C(=O)O. The van der Waals surface area contributed by atoms with Crippen molar-refractivity contribution in [2.24, 2.45) is 0 Å². The second-order valence-corrected chi connectivity index (χ2v) is 8.42. The first-order valence-corrected chi connectivity index (χ1v) is 10.7. The molecule has 1 amide bonds. The molecule has 2 saturated heterocycles. The summed E-state index contributed by atoms with van der Waals surface area (Å²) in [5.74, 6) is -0.886. The van der Waals surface area contributed by atoms with Crippen LogP contribution < -0.4 is 4.90 Å². The fraction of sp³-hybridized carbons (Fsp3) is 0.619. The van der Waals surface area contributed by atoms with Crippen molar-refractivity contribution in [3.8, 4) is 0 Å². The summed E-state index contributed by atoms with van der Waals surface area (Å²) in [5.41, 5.74) is 2.62. The number of carbonyl (C=O) groups excluding carboxylic acids is 1. The van der Waals surface area contributed by atoms with Gasteiger partial charge in [-0.25, -0.2) is 9.59 Å². The number of hydrogen-bond donors (Lipinski definition) is 1. The number of carboxylic acids is 1. The molecule has 34 heavy (non-hydrogen) atoms. The Kier molecular flexibility index (Phi) is 7.53. The second-order valence-electron chi connectivity index (χ2n) is 8.42. The Morgan fingerprint density at radius 3 is 2.24 bits per heavy atom. The Balaban J connectivity index is 1.59. The van der Waals surface area contributed by atoms with E-state index in [4.69, 9.17) is 0 Å². The van der Waals surface area contributed by atoms with Gasteiger partial charge in [0.2, 0.25) is 0 Å². The highest BCUT2D eigenvalue weighted by molar-refractivity contribution is 5.79. The average molecular weight is 497 g/mol. The molecule has 2 heterocycles. The van der Waals surface area contributed by atoms with Crippen molar-refractivity contribution < 1.29 is 45.8 Å². The number of anilines is 1. The molecule has 1 atom stereocenters. The highest BCUT2D eigenvalue weighted by Gasteiger charge is 2.60. The lowest BCUT2D eigenvalue weighted by Gasteiger charge is -2.35. The third-order valence-electron chi connectivity index (χ3n) is 5.97. The summed E-state index contributed by atoms with van der Waals surface area (Å²) in [6, 6.07) is 5.06. The van der Waals surface area contributed by atoms with Gasteiger partial charge in [-0.3, -0.25) is 4.90 Å². The first-order valence-electron chi connectivity index (χ1n) is 10.7. The summed E-state index contributed by atoms with van der Waals surface area (Å²) in [4.78, 5) is 28.0. The van der Waals surface area contributed by atoms with Crippen molar-refractivity contribution in [2.45, 2.75) is 50.8 Å². The zero-order valence-corrected chi connectivity index (χ0v) is 18.3. The number of rotatable bonds is 5. The van der Waals surface area contributed by atoms with E-state index < -0.39 is 36.6 Å². The number of halogens is 6. The molecule has 2 fully saturated rings. The van der Waals surface area contributed by atoms with Crippen molar-refractivity contribution in [1.82, 2.24) is 9.80 Å². The molecule has 0 aliphatic carbocycles. The molecule has 1 aromatic carbocycles. The van der Waals surface area contributed by atoms with E-state index in [9.17, 15) is 41.0 Å². The van der Waals surface area contributed by atoms with Gasteiger partial charge < -0.3 is 19.6 Å². The highest BCUT2D eigenvalue weighted by atomic mass is 19.4. The Labute approximate surface area is 191 Å². The topological polar surface area (TPSA) is 73.3 Å². The van der Waals surface area contributed by atoms with Crippen LogP contribution in [-0.4, -0.2) is 84.2 Å². The fourth-order valence-corrected chi connectivity index (χ4v) is 4.22. The van der Waals surface area contributed by atoms with Gasteiger partial charge in [0.1, 0.15) is 6.04 Å². The van der Waals surface area contributed by atoms with Crippen molar-refractivity contribution >= 4 is 17.7 Å². The lowest BCUT2D eigenvalue weighted by atomic mass is 10.1. The minimum Gasteiger partial charge on any atom is -0.480 e. The van der Waals surface area contributed by atoms with E-state index in [-0.39, 0.29) is 26.2 Å². The van der Waals surface area contributed by atoms with Gasteiger partial charge in [-0.05, 0) is 37.0 Å². The van der Waals surface area contributed by atoms with Gasteiger partial charge in [-0.15, -0.1) is 0 Å². The third-order valence-corrected chi connectivity index (χ3v) is 5.97. The van der Waals surface area contributed by atoms with Crippen molar-refractivity contribution in [2.75, 3.05) is 37.6 Å². The molecule has 7 nitrogen and oxygen atoms in total. The Morgan fingerprint density at radius 1 is 1.06 bits per heavy atom. The average Bonchev–Trinajstić information content (AvgIpc) is 3.22. The summed E-state index contributed by atoms with van der Waals surface area (Å²) in [6.45, 7) is 3.20. The van der Waals surface area contributed by atoms with Crippen LogP contribution in [0.1, 0.15) is 24.0 Å². The number of piperazine rings is 1. The first-order chi connectivity index (χ1) is 15.8. The number of alkyl halides is 6. The van der Waals surface area contributed by atoms with Crippen molar-refractivity contribution in [3.05, 3.63) is 29.3 Å². The number of hydrogen-bond acceptors (Lipinski definition) is 5. The zero-order chi connectivity index (χ0) is 25.3.